The lowest BCUT2D eigenvalue weighted by atomic mass is 10.1. The maximum absolute atomic E-state index is 4.77. The topological polar surface area (TPSA) is 30.2 Å². The van der Waals surface area contributed by atoms with Gasteiger partial charge in [0.15, 0.2) is 5.16 Å². The van der Waals surface area contributed by atoms with Gasteiger partial charge in [-0.2, -0.15) is 5.10 Å². The number of aryl methyl sites for hydroxylation is 1. The quantitative estimate of drug-likeness (QED) is 0.713. The summed E-state index contributed by atoms with van der Waals surface area (Å²) in [5.74, 6) is 0.858. The molecule has 2 aromatic carbocycles. The van der Waals surface area contributed by atoms with Crippen molar-refractivity contribution in [2.45, 2.75) is 18.5 Å². The summed E-state index contributed by atoms with van der Waals surface area (Å²) in [5.41, 5.74) is 5.74. The third kappa shape index (κ3) is 2.82. The van der Waals surface area contributed by atoms with Gasteiger partial charge in [-0.05, 0) is 17.5 Å². The molecule has 4 rings (SSSR count). The van der Waals surface area contributed by atoms with Crippen LogP contribution in [0.1, 0.15) is 18.1 Å². The summed E-state index contributed by atoms with van der Waals surface area (Å²) in [5, 5.41) is 5.72. The van der Waals surface area contributed by atoms with E-state index in [0.717, 1.165) is 34.3 Å². The van der Waals surface area contributed by atoms with Gasteiger partial charge in [-0.25, -0.2) is 9.66 Å². The summed E-state index contributed by atoms with van der Waals surface area (Å²) in [7, 11) is 0. The van der Waals surface area contributed by atoms with Crippen molar-refractivity contribution in [3.63, 3.8) is 0 Å². The second kappa shape index (κ2) is 6.05. The number of hydrogen-bond acceptors (Lipinski definition) is 3. The van der Waals surface area contributed by atoms with Gasteiger partial charge in [-0.15, -0.1) is 0 Å². The van der Waals surface area contributed by atoms with Gasteiger partial charge in [0.25, 0.3) is 0 Å². The standard InChI is InChI=1S/C19H17N3S/c1-2-14-8-10-16(11-9-14)18-13-23-19-20-17(12-22(19)21-18)15-6-4-3-5-7-15/h3-12H,2,13H2,1H3. The lowest BCUT2D eigenvalue weighted by Crippen LogP contribution is -2.12. The average molecular weight is 319 g/mol. The van der Waals surface area contributed by atoms with Crippen LogP contribution in [0.4, 0.5) is 0 Å². The second-order valence-electron chi connectivity index (χ2n) is 5.51. The van der Waals surface area contributed by atoms with E-state index < -0.39 is 0 Å². The Morgan fingerprint density at radius 1 is 1.00 bits per heavy atom. The average Bonchev–Trinajstić information content (AvgIpc) is 3.06. The van der Waals surface area contributed by atoms with Gasteiger partial charge in [0.05, 0.1) is 17.6 Å². The van der Waals surface area contributed by atoms with Crippen molar-refractivity contribution in [1.29, 1.82) is 0 Å². The van der Waals surface area contributed by atoms with Crippen LogP contribution < -0.4 is 0 Å². The number of nitrogens with zero attached hydrogens (tertiary/aromatic N) is 3. The summed E-state index contributed by atoms with van der Waals surface area (Å²) in [6.45, 7) is 2.17. The zero-order valence-corrected chi connectivity index (χ0v) is 13.8. The van der Waals surface area contributed by atoms with E-state index in [1.54, 1.807) is 11.8 Å². The minimum absolute atomic E-state index is 0.858. The summed E-state index contributed by atoms with van der Waals surface area (Å²) in [6.07, 6.45) is 3.07. The molecule has 3 nitrogen and oxygen atoms in total. The molecule has 23 heavy (non-hydrogen) atoms. The Hall–Kier alpha value is -2.33. The summed E-state index contributed by atoms with van der Waals surface area (Å²) >= 11 is 1.74. The van der Waals surface area contributed by atoms with Crippen LogP contribution in [-0.2, 0) is 6.42 Å². The van der Waals surface area contributed by atoms with Crippen molar-refractivity contribution < 1.29 is 0 Å². The van der Waals surface area contributed by atoms with Crippen LogP contribution >= 0.6 is 11.8 Å². The van der Waals surface area contributed by atoms with Crippen molar-refractivity contribution in [3.8, 4) is 11.3 Å². The van der Waals surface area contributed by atoms with Crippen LogP contribution in [-0.4, -0.2) is 21.1 Å². The van der Waals surface area contributed by atoms with Crippen LogP contribution in [0.2, 0.25) is 0 Å². The predicted octanol–water partition coefficient (Wildman–Crippen LogP) is 4.47. The molecular weight excluding hydrogens is 302 g/mol. The van der Waals surface area contributed by atoms with Crippen LogP contribution in [0.15, 0.2) is 71.1 Å². The van der Waals surface area contributed by atoms with E-state index in [0.29, 0.717) is 0 Å². The Bertz CT molecular complexity index is 848. The lowest BCUT2D eigenvalue weighted by Gasteiger charge is -2.13. The number of thioether (sulfide) groups is 1. The Morgan fingerprint density at radius 3 is 2.52 bits per heavy atom. The molecule has 0 saturated carbocycles. The molecule has 0 bridgehead atoms. The highest BCUT2D eigenvalue weighted by atomic mass is 32.2. The van der Waals surface area contributed by atoms with Gasteiger partial charge in [0, 0.05) is 11.3 Å². The molecule has 0 amide bonds. The van der Waals surface area contributed by atoms with E-state index in [9.17, 15) is 0 Å². The molecule has 1 aliphatic heterocycles. The third-order valence-corrected chi connectivity index (χ3v) is 4.94. The molecule has 114 valence electrons. The Balaban J connectivity index is 1.67. The fourth-order valence-electron chi connectivity index (χ4n) is 2.64. The zero-order valence-electron chi connectivity index (χ0n) is 12.9. The second-order valence-corrected chi connectivity index (χ2v) is 6.45. The molecule has 3 aromatic rings. The summed E-state index contributed by atoms with van der Waals surface area (Å²) in [6, 6.07) is 18.9. The molecule has 0 atom stereocenters. The highest BCUT2D eigenvalue weighted by Crippen LogP contribution is 2.28. The Morgan fingerprint density at radius 2 is 1.78 bits per heavy atom. The van der Waals surface area contributed by atoms with Gasteiger partial charge in [-0.1, -0.05) is 73.3 Å². The zero-order chi connectivity index (χ0) is 15.6. The van der Waals surface area contributed by atoms with E-state index in [-0.39, 0.29) is 0 Å². The molecule has 0 N–H and O–H groups in total. The number of benzene rings is 2. The molecule has 1 aliphatic rings. The van der Waals surface area contributed by atoms with Gasteiger partial charge in [0.2, 0.25) is 0 Å². The largest absolute Gasteiger partial charge is 0.221 e. The number of imidazole rings is 1. The van der Waals surface area contributed by atoms with Gasteiger partial charge in [0.1, 0.15) is 0 Å². The lowest BCUT2D eigenvalue weighted by molar-refractivity contribution is 0.757. The maximum atomic E-state index is 4.77. The minimum atomic E-state index is 0.858. The van der Waals surface area contributed by atoms with Crippen LogP contribution in [0.5, 0.6) is 0 Å². The SMILES string of the molecule is CCc1ccc(C2=Nn3cc(-c4ccccc4)nc3SC2)cc1. The molecule has 0 saturated heterocycles. The van der Waals surface area contributed by atoms with Gasteiger partial charge < -0.3 is 0 Å². The third-order valence-electron chi connectivity index (χ3n) is 3.99. The number of fused-ring (bicyclic) bond motifs is 1. The first kappa shape index (κ1) is 14.3. The Kier molecular flexibility index (Phi) is 3.75. The molecule has 0 radical (unpaired) electrons. The molecule has 2 heterocycles. The molecule has 0 fully saturated rings. The Labute approximate surface area is 140 Å². The number of rotatable bonds is 3. The fourth-order valence-corrected chi connectivity index (χ4v) is 3.52. The first-order valence-corrected chi connectivity index (χ1v) is 8.77. The van der Waals surface area contributed by atoms with Crippen molar-refractivity contribution in [1.82, 2.24) is 9.66 Å². The van der Waals surface area contributed by atoms with E-state index in [1.165, 1.54) is 11.1 Å². The smallest absolute Gasteiger partial charge is 0.189 e. The highest BCUT2D eigenvalue weighted by molar-refractivity contribution is 7.99. The van der Waals surface area contributed by atoms with Crippen molar-refractivity contribution in [2.75, 3.05) is 5.75 Å². The summed E-state index contributed by atoms with van der Waals surface area (Å²) < 4.78 is 1.90. The van der Waals surface area contributed by atoms with E-state index in [4.69, 9.17) is 10.1 Å². The predicted molar refractivity (Wildman–Crippen MR) is 96.1 cm³/mol. The van der Waals surface area contributed by atoms with Crippen molar-refractivity contribution >= 4 is 17.5 Å². The fraction of sp³-hybridized carbons (Fsp3) is 0.158. The molecular formula is C19H17N3S. The molecule has 4 heteroatoms. The van der Waals surface area contributed by atoms with Crippen molar-refractivity contribution in [2.24, 2.45) is 5.10 Å². The van der Waals surface area contributed by atoms with Gasteiger partial charge >= 0.3 is 0 Å². The van der Waals surface area contributed by atoms with Crippen molar-refractivity contribution in [3.05, 3.63) is 71.9 Å². The van der Waals surface area contributed by atoms with E-state index >= 15 is 0 Å². The molecule has 0 aliphatic carbocycles. The maximum Gasteiger partial charge on any atom is 0.189 e. The van der Waals surface area contributed by atoms with Gasteiger partial charge in [-0.3, -0.25) is 0 Å². The van der Waals surface area contributed by atoms with Crippen LogP contribution in [0, 0.1) is 0 Å². The first-order valence-electron chi connectivity index (χ1n) is 7.78. The normalized spacial score (nSPS) is 13.5. The minimum Gasteiger partial charge on any atom is -0.221 e. The molecule has 0 spiro atoms. The molecule has 1 aromatic heterocycles. The van der Waals surface area contributed by atoms with Crippen LogP contribution in [0.3, 0.4) is 0 Å². The van der Waals surface area contributed by atoms with E-state index in [2.05, 4.69) is 43.3 Å². The monoisotopic (exact) mass is 319 g/mol. The number of hydrogen-bond donors (Lipinski definition) is 0. The first-order chi connectivity index (χ1) is 11.3. The number of aromatic nitrogens is 2. The highest BCUT2D eigenvalue weighted by Gasteiger charge is 2.17. The van der Waals surface area contributed by atoms with Crippen LogP contribution in [0.25, 0.3) is 11.3 Å². The van der Waals surface area contributed by atoms with E-state index in [1.807, 2.05) is 29.1 Å². The summed E-state index contributed by atoms with van der Waals surface area (Å²) in [4.78, 5) is 4.70. The molecule has 0 unspecified atom stereocenters.